The average Bonchev–Trinajstić information content (AvgIpc) is 3.37. The van der Waals surface area contributed by atoms with E-state index in [1.165, 1.54) is 17.3 Å². The molecule has 16 nitrogen and oxygen atoms in total. The monoisotopic (exact) mass is 1000 g/mol. The molecule has 0 saturated carbocycles. The maximum Gasteiger partial charge on any atom is 0.272 e. The summed E-state index contributed by atoms with van der Waals surface area (Å²) in [5.74, 6) is 3.72. The highest BCUT2D eigenvalue weighted by Crippen LogP contribution is 2.37. The number of aromatic nitrogens is 2. The molecule has 0 bridgehead atoms. The highest BCUT2D eigenvalue weighted by Gasteiger charge is 2.35. The van der Waals surface area contributed by atoms with Gasteiger partial charge in [-0.3, -0.25) is 23.7 Å². The average molecular weight is 1000 g/mol. The van der Waals surface area contributed by atoms with Crippen LogP contribution in [0.1, 0.15) is 80.0 Å². The first-order chi connectivity index (χ1) is 34.9. The molecule has 2 aromatic heterocycles. The van der Waals surface area contributed by atoms with E-state index < -0.39 is 10.1 Å². The Morgan fingerprint density at radius 3 is 1.36 bits per heavy atom. The minimum Gasteiger partial charge on any atom is -0.493 e. The predicted octanol–water partition coefficient (Wildman–Crippen LogP) is 7.67. The zero-order chi connectivity index (χ0) is 51.0. The summed E-state index contributed by atoms with van der Waals surface area (Å²) < 4.78 is 60.7. The van der Waals surface area contributed by atoms with Gasteiger partial charge in [-0.05, 0) is 82.6 Å². The molecule has 4 aromatic carbocycles. The Hall–Kier alpha value is -7.21. The van der Waals surface area contributed by atoms with Crippen molar-refractivity contribution in [1.29, 1.82) is 0 Å². The van der Waals surface area contributed by atoms with Crippen LogP contribution in [0.3, 0.4) is 0 Å². The predicted molar refractivity (Wildman–Crippen MR) is 271 cm³/mol. The molecule has 2 aliphatic heterocycles. The number of rotatable bonds is 22. The summed E-state index contributed by atoms with van der Waals surface area (Å²) in [5.41, 5.74) is 7.56. The van der Waals surface area contributed by atoms with E-state index in [0.29, 0.717) is 79.6 Å². The van der Waals surface area contributed by atoms with Gasteiger partial charge >= 0.3 is 0 Å². The first-order valence-corrected chi connectivity index (χ1v) is 25.7. The van der Waals surface area contributed by atoms with Gasteiger partial charge in [0.25, 0.3) is 21.9 Å². The van der Waals surface area contributed by atoms with Crippen LogP contribution >= 0.6 is 0 Å². The SMILES string of the molecule is CCc1ccc(COc2ccc(C3CN(C(=O)c4cc(OCCO)ccn4)C3)cc2OC)cc1.CCc1ccc(COc2ccc(C3CN(C(=O)c4cc(OCCOS(C)(=O)=O)ccn4)C3)cc2OC)cc1. The molecule has 380 valence electrons. The molecule has 0 atom stereocenters. The first kappa shape index (κ1) is 52.6. The molecule has 2 saturated heterocycles. The number of hydrogen-bond donors (Lipinski definition) is 1. The van der Waals surface area contributed by atoms with Crippen LogP contribution in [0.4, 0.5) is 0 Å². The van der Waals surface area contributed by atoms with Crippen LogP contribution < -0.4 is 28.4 Å². The van der Waals surface area contributed by atoms with E-state index in [-0.39, 0.29) is 55.8 Å². The van der Waals surface area contributed by atoms with Crippen molar-refractivity contribution < 1.29 is 55.7 Å². The zero-order valence-corrected chi connectivity index (χ0v) is 42.1. The largest absolute Gasteiger partial charge is 0.493 e. The van der Waals surface area contributed by atoms with E-state index >= 15 is 0 Å². The lowest BCUT2D eigenvalue weighted by Crippen LogP contribution is -2.48. The Morgan fingerprint density at radius 2 is 0.972 bits per heavy atom. The molecule has 2 fully saturated rings. The lowest BCUT2D eigenvalue weighted by molar-refractivity contribution is 0.0589. The Labute approximate surface area is 421 Å². The van der Waals surface area contributed by atoms with Crippen LogP contribution in [0, 0.1) is 0 Å². The van der Waals surface area contributed by atoms with Crippen LogP contribution in [0.2, 0.25) is 0 Å². The van der Waals surface area contributed by atoms with Crippen LogP contribution in [0.5, 0.6) is 34.5 Å². The number of methoxy groups -OCH3 is 2. The second-order valence-electron chi connectivity index (χ2n) is 17.3. The summed E-state index contributed by atoms with van der Waals surface area (Å²) in [5, 5.41) is 8.90. The summed E-state index contributed by atoms with van der Waals surface area (Å²) in [6.07, 6.45) is 6.02. The highest BCUT2D eigenvalue weighted by molar-refractivity contribution is 7.85. The zero-order valence-electron chi connectivity index (χ0n) is 41.3. The van der Waals surface area contributed by atoms with Gasteiger partial charge in [0.1, 0.15) is 55.9 Å². The van der Waals surface area contributed by atoms with Crippen molar-refractivity contribution in [3.8, 4) is 34.5 Å². The van der Waals surface area contributed by atoms with E-state index in [9.17, 15) is 18.0 Å². The van der Waals surface area contributed by atoms with Gasteiger partial charge in [-0.25, -0.2) is 0 Å². The molecule has 4 heterocycles. The fraction of sp³-hybridized carbons (Fsp3) is 0.345. The smallest absolute Gasteiger partial charge is 0.272 e. The van der Waals surface area contributed by atoms with Gasteiger partial charge in [-0.2, -0.15) is 8.42 Å². The lowest BCUT2D eigenvalue weighted by atomic mass is 9.91. The molecule has 17 heteroatoms. The van der Waals surface area contributed by atoms with Crippen LogP contribution in [-0.2, 0) is 40.4 Å². The summed E-state index contributed by atoms with van der Waals surface area (Å²) >= 11 is 0. The standard InChI is InChI=1S/C28H32N2O7S.C27H30N2O5/c1-4-20-5-7-21(8-6-20)19-36-26-10-9-22(15-27(26)34-2)23-17-30(18-23)28(31)25-16-24(11-12-29-25)35-13-14-37-38(3,32)33;1-3-19-4-6-20(7-5-19)18-34-25-9-8-21(14-26(25)32-2)22-16-29(17-22)27(31)24-15-23(10-11-28-24)33-13-12-30/h5-12,15-16,23H,4,13-14,17-19H2,1-3H3;4-11,14-15,22,30H,3,12-13,16-18H2,1-2H3. The molecule has 2 amide bonds. The number of hydrogen-bond acceptors (Lipinski definition) is 14. The molecular weight excluding hydrogens is 941 g/mol. The maximum absolute atomic E-state index is 12.9. The molecule has 6 aromatic rings. The van der Waals surface area contributed by atoms with Crippen molar-refractivity contribution >= 4 is 21.9 Å². The van der Waals surface area contributed by atoms with Gasteiger partial charge in [0.2, 0.25) is 0 Å². The number of aliphatic hydroxyl groups excluding tert-OH is 1. The Balaban J connectivity index is 0.000000213. The van der Waals surface area contributed by atoms with Crippen molar-refractivity contribution in [2.45, 2.75) is 51.7 Å². The quantitative estimate of drug-likeness (QED) is 0.0516. The second-order valence-corrected chi connectivity index (χ2v) is 18.9. The summed E-state index contributed by atoms with van der Waals surface area (Å²) in [4.78, 5) is 37.5. The van der Waals surface area contributed by atoms with E-state index in [0.717, 1.165) is 41.4 Å². The molecule has 2 aliphatic rings. The van der Waals surface area contributed by atoms with Crippen molar-refractivity contribution in [2.24, 2.45) is 0 Å². The molecule has 0 spiro atoms. The van der Waals surface area contributed by atoms with Crippen LogP contribution in [0.15, 0.2) is 122 Å². The normalized spacial score (nSPS) is 13.5. The van der Waals surface area contributed by atoms with Gasteiger partial charge < -0.3 is 43.3 Å². The molecule has 0 aliphatic carbocycles. The molecule has 72 heavy (non-hydrogen) atoms. The number of pyridine rings is 2. The topological polar surface area (TPSA) is 185 Å². The second kappa shape index (κ2) is 25.3. The van der Waals surface area contributed by atoms with Crippen LogP contribution in [0.25, 0.3) is 0 Å². The molecule has 0 unspecified atom stereocenters. The number of aryl methyl sites for hydroxylation is 2. The number of nitrogens with zero attached hydrogens (tertiary/aromatic N) is 4. The van der Waals surface area contributed by atoms with Crippen molar-refractivity contribution in [3.63, 3.8) is 0 Å². The fourth-order valence-electron chi connectivity index (χ4n) is 7.96. The Bertz CT molecular complexity index is 2850. The number of aliphatic hydroxyl groups is 1. The highest BCUT2D eigenvalue weighted by atomic mass is 32.2. The van der Waals surface area contributed by atoms with Gasteiger partial charge in [0, 0.05) is 62.5 Å². The summed E-state index contributed by atoms with van der Waals surface area (Å²) in [7, 11) is -0.274. The summed E-state index contributed by atoms with van der Waals surface area (Å²) in [6.45, 7) is 7.52. The number of ether oxygens (including phenoxy) is 6. The van der Waals surface area contributed by atoms with Crippen molar-refractivity contribution in [2.75, 3.05) is 73.1 Å². The van der Waals surface area contributed by atoms with Crippen molar-refractivity contribution in [3.05, 3.63) is 166 Å². The number of likely N-dealkylation sites (tertiary alicyclic amines) is 2. The number of carbonyl (C=O) groups is 2. The molecule has 8 rings (SSSR count). The molecular formula is C55H62N4O12S. The Morgan fingerprint density at radius 1 is 0.556 bits per heavy atom. The number of benzene rings is 4. The minimum atomic E-state index is -3.53. The minimum absolute atomic E-state index is 0.0309. The number of carbonyl (C=O) groups excluding carboxylic acids is 2. The van der Waals surface area contributed by atoms with Gasteiger partial charge in [-0.15, -0.1) is 0 Å². The third kappa shape index (κ3) is 14.5. The third-order valence-electron chi connectivity index (χ3n) is 12.2. The first-order valence-electron chi connectivity index (χ1n) is 23.8. The summed E-state index contributed by atoms with van der Waals surface area (Å²) in [6, 6.07) is 35.0. The van der Waals surface area contributed by atoms with Gasteiger partial charge in [-0.1, -0.05) is 74.5 Å². The number of amides is 2. The fourth-order valence-corrected chi connectivity index (χ4v) is 8.33. The van der Waals surface area contributed by atoms with E-state index in [1.54, 1.807) is 54.5 Å². The molecule has 0 radical (unpaired) electrons. The van der Waals surface area contributed by atoms with Crippen molar-refractivity contribution in [1.82, 2.24) is 19.8 Å². The van der Waals surface area contributed by atoms with Gasteiger partial charge in [0.15, 0.2) is 23.0 Å². The van der Waals surface area contributed by atoms with E-state index in [2.05, 4.69) is 76.5 Å². The van der Waals surface area contributed by atoms with E-state index in [1.807, 2.05) is 36.4 Å². The maximum atomic E-state index is 12.9. The lowest BCUT2D eigenvalue weighted by Gasteiger charge is -2.39. The van der Waals surface area contributed by atoms with E-state index in [4.69, 9.17) is 33.5 Å². The molecule has 1 N–H and O–H groups in total. The van der Waals surface area contributed by atoms with Gasteiger partial charge in [0.05, 0.1) is 27.1 Å². The Kier molecular flexibility index (Phi) is 18.5. The third-order valence-corrected chi connectivity index (χ3v) is 12.8. The van der Waals surface area contributed by atoms with Crippen LogP contribution in [-0.4, -0.2) is 118 Å².